The Morgan fingerprint density at radius 1 is 1.24 bits per heavy atom. The normalized spacial score (nSPS) is 9.82. The highest BCUT2D eigenvalue weighted by atomic mass is 15.1. The maximum Gasteiger partial charge on any atom is 0.176 e. The van der Waals surface area contributed by atoms with Crippen LogP contribution >= 0.6 is 0 Å². The molecule has 0 aliphatic carbocycles. The largest absolute Gasteiger partial charge is 0.334 e. The summed E-state index contributed by atoms with van der Waals surface area (Å²) in [5.74, 6) is 0.839. The second-order valence-corrected chi connectivity index (χ2v) is 3.42. The van der Waals surface area contributed by atoms with Gasteiger partial charge in [0.15, 0.2) is 11.4 Å². The van der Waals surface area contributed by atoms with Crippen molar-refractivity contribution in [1.82, 2.24) is 19.1 Å². The molecule has 84 valence electrons. The van der Waals surface area contributed by atoms with Crippen LogP contribution in [0.25, 0.3) is 0 Å². The van der Waals surface area contributed by atoms with E-state index >= 15 is 0 Å². The fourth-order valence-electron chi connectivity index (χ4n) is 1.63. The van der Waals surface area contributed by atoms with Gasteiger partial charge in [0.2, 0.25) is 0 Å². The molecule has 2 rings (SSSR count). The Morgan fingerprint density at radius 3 is 2.71 bits per heavy atom. The zero-order valence-electron chi connectivity index (χ0n) is 9.33. The first-order valence-electron chi connectivity index (χ1n) is 5.15. The molecule has 0 amide bonds. The van der Waals surface area contributed by atoms with Crippen LogP contribution in [-0.2, 0) is 13.1 Å². The van der Waals surface area contributed by atoms with Crippen LogP contribution in [0.3, 0.4) is 0 Å². The minimum atomic E-state index is 0.155. The van der Waals surface area contributed by atoms with Crippen molar-refractivity contribution < 1.29 is 0 Å². The fourth-order valence-corrected chi connectivity index (χ4v) is 1.63. The first kappa shape index (κ1) is 10.9. The molecule has 2 aromatic heterocycles. The molecule has 2 heterocycles. The van der Waals surface area contributed by atoms with Crippen molar-refractivity contribution in [3.05, 3.63) is 35.9 Å². The zero-order chi connectivity index (χ0) is 12.3. The Kier molecular flexibility index (Phi) is 2.89. The summed E-state index contributed by atoms with van der Waals surface area (Å²) in [6.07, 6.45) is 5.09. The average Bonchev–Trinajstić information content (AvgIpc) is 2.95. The van der Waals surface area contributed by atoms with Crippen LogP contribution in [0.1, 0.15) is 24.1 Å². The van der Waals surface area contributed by atoms with E-state index < -0.39 is 0 Å². The van der Waals surface area contributed by atoms with E-state index in [9.17, 15) is 0 Å². The van der Waals surface area contributed by atoms with Crippen molar-refractivity contribution in [1.29, 1.82) is 10.5 Å². The van der Waals surface area contributed by atoms with Crippen LogP contribution in [0.15, 0.2) is 18.7 Å². The highest BCUT2D eigenvalue weighted by molar-refractivity contribution is 5.36. The predicted molar refractivity (Wildman–Crippen MR) is 58.7 cm³/mol. The minimum Gasteiger partial charge on any atom is -0.334 e. The van der Waals surface area contributed by atoms with E-state index in [1.165, 1.54) is 6.33 Å². The lowest BCUT2D eigenvalue weighted by Gasteiger charge is -2.05. The Balaban J connectivity index is 2.35. The van der Waals surface area contributed by atoms with E-state index in [0.717, 1.165) is 12.4 Å². The van der Waals surface area contributed by atoms with E-state index in [2.05, 4.69) is 9.97 Å². The molecule has 0 fully saturated rings. The van der Waals surface area contributed by atoms with Crippen LogP contribution < -0.4 is 0 Å². The molecule has 6 nitrogen and oxygen atoms in total. The average molecular weight is 226 g/mol. The molecule has 0 aliphatic heterocycles. The van der Waals surface area contributed by atoms with E-state index in [1.807, 2.05) is 29.8 Å². The lowest BCUT2D eigenvalue weighted by atomic mass is 10.3. The highest BCUT2D eigenvalue weighted by Crippen LogP contribution is 2.08. The Labute approximate surface area is 98.4 Å². The lowest BCUT2D eigenvalue weighted by molar-refractivity contribution is 0.648. The molecule has 0 spiro atoms. The molecule has 0 aromatic carbocycles. The topological polar surface area (TPSA) is 83.2 Å². The van der Waals surface area contributed by atoms with Gasteiger partial charge in [-0.15, -0.1) is 0 Å². The van der Waals surface area contributed by atoms with Gasteiger partial charge in [0.1, 0.15) is 18.0 Å². The molecule has 0 saturated heterocycles. The molecule has 0 radical (unpaired) electrons. The Bertz CT molecular complexity index is 607. The van der Waals surface area contributed by atoms with Gasteiger partial charge in [-0.25, -0.2) is 9.97 Å². The molecule has 2 aromatic rings. The maximum atomic E-state index is 8.99. The van der Waals surface area contributed by atoms with Gasteiger partial charge < -0.3 is 9.13 Å². The third-order valence-corrected chi connectivity index (χ3v) is 2.50. The van der Waals surface area contributed by atoms with Gasteiger partial charge in [-0.1, -0.05) is 0 Å². The van der Waals surface area contributed by atoms with E-state index in [-0.39, 0.29) is 11.4 Å². The SMILES string of the molecule is CCn1ccnc1Cn1cnc(C#N)c1C#N. The van der Waals surface area contributed by atoms with E-state index in [1.54, 1.807) is 10.8 Å². The summed E-state index contributed by atoms with van der Waals surface area (Å²) in [6, 6.07) is 3.88. The molecular weight excluding hydrogens is 216 g/mol. The summed E-state index contributed by atoms with van der Waals surface area (Å²) in [5.41, 5.74) is 0.431. The minimum absolute atomic E-state index is 0.155. The van der Waals surface area contributed by atoms with Gasteiger partial charge in [0, 0.05) is 18.9 Å². The Morgan fingerprint density at radius 2 is 2.06 bits per heavy atom. The first-order valence-corrected chi connectivity index (χ1v) is 5.15. The van der Waals surface area contributed by atoms with E-state index in [0.29, 0.717) is 6.54 Å². The first-order chi connectivity index (χ1) is 8.30. The van der Waals surface area contributed by atoms with Gasteiger partial charge in [-0.3, -0.25) is 0 Å². The van der Waals surface area contributed by atoms with Crippen molar-refractivity contribution in [2.24, 2.45) is 0 Å². The molecule has 6 heteroatoms. The third kappa shape index (κ3) is 1.88. The summed E-state index contributed by atoms with van der Waals surface area (Å²) >= 11 is 0. The van der Waals surface area contributed by atoms with Gasteiger partial charge in [-0.2, -0.15) is 10.5 Å². The third-order valence-electron chi connectivity index (χ3n) is 2.50. The van der Waals surface area contributed by atoms with Crippen molar-refractivity contribution >= 4 is 0 Å². The second-order valence-electron chi connectivity index (χ2n) is 3.42. The van der Waals surface area contributed by atoms with Crippen LogP contribution in [0, 0.1) is 22.7 Å². The second kappa shape index (κ2) is 4.50. The van der Waals surface area contributed by atoms with E-state index in [4.69, 9.17) is 10.5 Å². The highest BCUT2D eigenvalue weighted by Gasteiger charge is 2.11. The number of aromatic nitrogens is 4. The summed E-state index contributed by atoms with van der Waals surface area (Å²) in [7, 11) is 0. The van der Waals surface area contributed by atoms with Gasteiger partial charge in [0.05, 0.1) is 12.9 Å². The van der Waals surface area contributed by atoms with Gasteiger partial charge in [0.25, 0.3) is 0 Å². The number of nitrogens with zero attached hydrogens (tertiary/aromatic N) is 6. The lowest BCUT2D eigenvalue weighted by Crippen LogP contribution is -2.08. The molecule has 0 bridgehead atoms. The molecule has 0 aliphatic rings. The fraction of sp³-hybridized carbons (Fsp3) is 0.273. The van der Waals surface area contributed by atoms with Crippen molar-refractivity contribution in [2.45, 2.75) is 20.0 Å². The number of hydrogen-bond acceptors (Lipinski definition) is 4. The summed E-state index contributed by atoms with van der Waals surface area (Å²) in [6.45, 7) is 3.28. The molecular formula is C11H10N6. The van der Waals surface area contributed by atoms with Crippen molar-refractivity contribution in [2.75, 3.05) is 0 Å². The van der Waals surface area contributed by atoms with Crippen LogP contribution in [0.5, 0.6) is 0 Å². The monoisotopic (exact) mass is 226 g/mol. The van der Waals surface area contributed by atoms with Crippen LogP contribution in [0.2, 0.25) is 0 Å². The molecule has 0 unspecified atom stereocenters. The van der Waals surface area contributed by atoms with Gasteiger partial charge >= 0.3 is 0 Å². The smallest absolute Gasteiger partial charge is 0.176 e. The molecule has 0 saturated carbocycles. The number of rotatable bonds is 3. The Hall–Kier alpha value is -2.60. The number of imidazole rings is 2. The van der Waals surface area contributed by atoms with Crippen molar-refractivity contribution in [3.63, 3.8) is 0 Å². The standard InChI is InChI=1S/C11H10N6/c1-2-16-4-3-14-11(16)7-17-8-15-9(5-12)10(17)6-13/h3-4,8H,2,7H2,1H3. The quantitative estimate of drug-likeness (QED) is 0.778. The summed E-state index contributed by atoms with van der Waals surface area (Å²) in [5, 5.41) is 17.8. The summed E-state index contributed by atoms with van der Waals surface area (Å²) < 4.78 is 3.61. The van der Waals surface area contributed by atoms with Crippen LogP contribution in [0.4, 0.5) is 0 Å². The summed E-state index contributed by atoms with van der Waals surface area (Å²) in [4.78, 5) is 8.10. The predicted octanol–water partition coefficient (Wildman–Crippen LogP) is 0.891. The number of nitriles is 2. The van der Waals surface area contributed by atoms with Gasteiger partial charge in [-0.05, 0) is 6.92 Å². The van der Waals surface area contributed by atoms with Crippen molar-refractivity contribution in [3.8, 4) is 12.1 Å². The zero-order valence-corrected chi connectivity index (χ0v) is 9.33. The number of hydrogen-bond donors (Lipinski definition) is 0. The molecule has 17 heavy (non-hydrogen) atoms. The van der Waals surface area contributed by atoms with Crippen LogP contribution in [-0.4, -0.2) is 19.1 Å². The molecule has 0 N–H and O–H groups in total. The molecule has 0 atom stereocenters. The maximum absolute atomic E-state index is 8.99. The number of aryl methyl sites for hydroxylation is 1.